The van der Waals surface area contributed by atoms with E-state index in [2.05, 4.69) is 31.4 Å². The minimum absolute atomic E-state index is 0.148. The minimum Gasteiger partial charge on any atom is -0.334 e. The lowest BCUT2D eigenvalue weighted by molar-refractivity contribution is 0.412. The smallest absolute Gasteiger partial charge is 0.259 e. The van der Waals surface area contributed by atoms with E-state index < -0.39 is 0 Å². The fourth-order valence-electron chi connectivity index (χ4n) is 2.05. The van der Waals surface area contributed by atoms with Gasteiger partial charge in [-0.3, -0.25) is 0 Å². The van der Waals surface area contributed by atoms with Gasteiger partial charge in [0, 0.05) is 4.47 Å². The molecule has 2 heterocycles. The van der Waals surface area contributed by atoms with Crippen molar-refractivity contribution in [3.63, 3.8) is 0 Å². The van der Waals surface area contributed by atoms with Gasteiger partial charge in [0.05, 0.1) is 11.6 Å². The molecule has 94 valence electrons. The molecule has 0 spiro atoms. The summed E-state index contributed by atoms with van der Waals surface area (Å²) in [6, 6.07) is 4.53. The van der Waals surface area contributed by atoms with Crippen molar-refractivity contribution in [2.45, 2.75) is 18.9 Å². The van der Waals surface area contributed by atoms with Gasteiger partial charge in [-0.2, -0.15) is 4.98 Å². The van der Waals surface area contributed by atoms with E-state index in [1.807, 2.05) is 0 Å². The first kappa shape index (κ1) is 11.8. The van der Waals surface area contributed by atoms with Crippen LogP contribution in [0.5, 0.6) is 0 Å². The zero-order valence-corrected chi connectivity index (χ0v) is 11.1. The van der Waals surface area contributed by atoms with Gasteiger partial charge in [-0.15, -0.1) is 0 Å². The number of hydrogen-bond donors (Lipinski definition) is 1. The van der Waals surface area contributed by atoms with Crippen LogP contribution in [0.3, 0.4) is 0 Å². The lowest BCUT2D eigenvalue weighted by atomic mass is 10.2. The van der Waals surface area contributed by atoms with E-state index in [1.165, 1.54) is 12.1 Å². The van der Waals surface area contributed by atoms with Crippen LogP contribution in [0, 0.1) is 5.82 Å². The highest BCUT2D eigenvalue weighted by atomic mass is 79.9. The first-order valence-electron chi connectivity index (χ1n) is 5.76. The number of aromatic nitrogens is 2. The molecule has 1 aromatic heterocycles. The monoisotopic (exact) mass is 311 g/mol. The van der Waals surface area contributed by atoms with Crippen molar-refractivity contribution in [3.8, 4) is 11.5 Å². The first-order chi connectivity index (χ1) is 8.74. The molecule has 1 atom stereocenters. The summed E-state index contributed by atoms with van der Waals surface area (Å²) in [5, 5.41) is 7.25. The van der Waals surface area contributed by atoms with E-state index in [9.17, 15) is 4.39 Å². The van der Waals surface area contributed by atoms with Crippen molar-refractivity contribution >= 4 is 15.9 Å². The maximum Gasteiger partial charge on any atom is 0.259 e. The highest BCUT2D eigenvalue weighted by Crippen LogP contribution is 2.29. The number of nitrogens with one attached hydrogen (secondary N) is 1. The Labute approximate surface area is 112 Å². The van der Waals surface area contributed by atoms with Crippen molar-refractivity contribution in [3.05, 3.63) is 34.3 Å². The summed E-state index contributed by atoms with van der Waals surface area (Å²) in [5.74, 6) is 0.649. The summed E-state index contributed by atoms with van der Waals surface area (Å²) in [4.78, 5) is 4.33. The lowest BCUT2D eigenvalue weighted by Gasteiger charge is -2.02. The number of rotatable bonds is 2. The molecule has 4 nitrogen and oxygen atoms in total. The van der Waals surface area contributed by atoms with Gasteiger partial charge in [0.2, 0.25) is 0 Å². The Morgan fingerprint density at radius 1 is 1.44 bits per heavy atom. The summed E-state index contributed by atoms with van der Waals surface area (Å²) in [7, 11) is 0. The molecule has 0 bridgehead atoms. The number of hydrogen-bond acceptors (Lipinski definition) is 4. The SMILES string of the molecule is Fc1ccc(Br)c(-c2nc(C3CCCN3)no2)c1. The van der Waals surface area contributed by atoms with Crippen LogP contribution in [-0.4, -0.2) is 16.7 Å². The van der Waals surface area contributed by atoms with Crippen LogP contribution in [0.4, 0.5) is 4.39 Å². The van der Waals surface area contributed by atoms with Gasteiger partial charge >= 0.3 is 0 Å². The Balaban J connectivity index is 1.94. The fourth-order valence-corrected chi connectivity index (χ4v) is 2.47. The molecule has 1 aliphatic rings. The average molecular weight is 312 g/mol. The molecule has 0 saturated carbocycles. The van der Waals surface area contributed by atoms with E-state index in [4.69, 9.17) is 4.52 Å². The molecule has 1 saturated heterocycles. The zero-order chi connectivity index (χ0) is 12.5. The first-order valence-corrected chi connectivity index (χ1v) is 6.56. The Morgan fingerprint density at radius 3 is 3.11 bits per heavy atom. The van der Waals surface area contributed by atoms with Gasteiger partial charge < -0.3 is 9.84 Å². The molecule has 2 aromatic rings. The van der Waals surface area contributed by atoms with Crippen molar-refractivity contribution in [2.24, 2.45) is 0 Å². The summed E-state index contributed by atoms with van der Waals surface area (Å²) in [6.07, 6.45) is 2.11. The third-order valence-electron chi connectivity index (χ3n) is 2.97. The topological polar surface area (TPSA) is 51.0 Å². The Bertz CT molecular complexity index is 566. The van der Waals surface area contributed by atoms with Crippen LogP contribution in [0.2, 0.25) is 0 Å². The average Bonchev–Trinajstić information content (AvgIpc) is 3.00. The van der Waals surface area contributed by atoms with Gasteiger partial charge in [0.1, 0.15) is 5.82 Å². The van der Waals surface area contributed by atoms with E-state index in [0.717, 1.165) is 23.9 Å². The molecule has 1 fully saturated rings. The molecule has 18 heavy (non-hydrogen) atoms. The van der Waals surface area contributed by atoms with E-state index in [-0.39, 0.29) is 11.9 Å². The van der Waals surface area contributed by atoms with Gasteiger partial charge in [-0.05, 0) is 53.5 Å². The Hall–Kier alpha value is -1.27. The molecule has 0 radical (unpaired) electrons. The second-order valence-electron chi connectivity index (χ2n) is 4.23. The lowest BCUT2D eigenvalue weighted by Crippen LogP contribution is -2.14. The third kappa shape index (κ3) is 2.18. The molecule has 1 aromatic carbocycles. The maximum absolute atomic E-state index is 13.2. The molecule has 0 amide bonds. The highest BCUT2D eigenvalue weighted by Gasteiger charge is 2.22. The maximum atomic E-state index is 13.2. The second-order valence-corrected chi connectivity index (χ2v) is 5.09. The summed E-state index contributed by atoms with van der Waals surface area (Å²) < 4.78 is 19.2. The van der Waals surface area contributed by atoms with Crippen LogP contribution in [0.15, 0.2) is 27.2 Å². The van der Waals surface area contributed by atoms with Crippen LogP contribution < -0.4 is 5.32 Å². The fraction of sp³-hybridized carbons (Fsp3) is 0.333. The normalized spacial score (nSPS) is 19.3. The van der Waals surface area contributed by atoms with Gasteiger partial charge in [0.15, 0.2) is 5.82 Å². The Kier molecular flexibility index (Phi) is 3.13. The highest BCUT2D eigenvalue weighted by molar-refractivity contribution is 9.10. The number of benzene rings is 1. The van der Waals surface area contributed by atoms with Crippen LogP contribution in [0.1, 0.15) is 24.7 Å². The third-order valence-corrected chi connectivity index (χ3v) is 3.66. The molecular formula is C12H11BrFN3O. The van der Waals surface area contributed by atoms with Crippen molar-refractivity contribution in [1.82, 2.24) is 15.5 Å². The quantitative estimate of drug-likeness (QED) is 0.926. The van der Waals surface area contributed by atoms with Crippen molar-refractivity contribution in [1.29, 1.82) is 0 Å². The summed E-state index contributed by atoms with van der Waals surface area (Å²) in [6.45, 7) is 0.970. The standard InChI is InChI=1S/C12H11BrFN3O/c13-9-4-3-7(14)6-8(9)12-16-11(17-18-12)10-2-1-5-15-10/h3-4,6,10,15H,1-2,5H2. The summed E-state index contributed by atoms with van der Waals surface area (Å²) >= 11 is 3.35. The van der Waals surface area contributed by atoms with Crippen molar-refractivity contribution in [2.75, 3.05) is 6.54 Å². The van der Waals surface area contributed by atoms with Gasteiger partial charge in [-0.25, -0.2) is 4.39 Å². The minimum atomic E-state index is -0.327. The number of nitrogens with zero attached hydrogens (tertiary/aromatic N) is 2. The number of halogens is 2. The molecule has 6 heteroatoms. The summed E-state index contributed by atoms with van der Waals surface area (Å²) in [5.41, 5.74) is 0.576. The van der Waals surface area contributed by atoms with Crippen molar-refractivity contribution < 1.29 is 8.91 Å². The molecule has 1 N–H and O–H groups in total. The van der Waals surface area contributed by atoms with Gasteiger partial charge in [-0.1, -0.05) is 5.16 Å². The van der Waals surface area contributed by atoms with E-state index in [1.54, 1.807) is 6.07 Å². The zero-order valence-electron chi connectivity index (χ0n) is 9.49. The molecule has 0 aliphatic carbocycles. The van der Waals surface area contributed by atoms with Gasteiger partial charge in [0.25, 0.3) is 5.89 Å². The Morgan fingerprint density at radius 2 is 2.33 bits per heavy atom. The largest absolute Gasteiger partial charge is 0.334 e. The van der Waals surface area contributed by atoms with E-state index in [0.29, 0.717) is 17.3 Å². The van der Waals surface area contributed by atoms with Crippen LogP contribution >= 0.6 is 15.9 Å². The predicted octanol–water partition coefficient (Wildman–Crippen LogP) is 3.06. The van der Waals surface area contributed by atoms with Crippen LogP contribution in [-0.2, 0) is 0 Å². The molecule has 1 aliphatic heterocycles. The molecule has 3 rings (SSSR count). The molecular weight excluding hydrogens is 301 g/mol. The molecule has 1 unspecified atom stereocenters. The van der Waals surface area contributed by atoms with Crippen LogP contribution in [0.25, 0.3) is 11.5 Å². The van der Waals surface area contributed by atoms with E-state index >= 15 is 0 Å². The predicted molar refractivity (Wildman–Crippen MR) is 67.4 cm³/mol. The second kappa shape index (κ2) is 4.78.